The number of benzene rings is 2. The van der Waals surface area contributed by atoms with Crippen LogP contribution < -0.4 is 5.32 Å². The number of likely N-dealkylation sites (N-methyl/N-ethyl adjacent to an activating group) is 1. The highest BCUT2D eigenvalue weighted by atomic mass is 32.1. The van der Waals surface area contributed by atoms with Gasteiger partial charge >= 0.3 is 0 Å². The van der Waals surface area contributed by atoms with Crippen LogP contribution in [0.25, 0.3) is 0 Å². The Kier molecular flexibility index (Phi) is 6.21. The molecular weight excluding hydrogens is 340 g/mol. The largest absolute Gasteiger partial charge is 0.325 e. The minimum absolute atomic E-state index is 0.0159. The Balaban J connectivity index is 1.61. The van der Waals surface area contributed by atoms with Crippen molar-refractivity contribution in [3.63, 3.8) is 0 Å². The van der Waals surface area contributed by atoms with Crippen LogP contribution in [0.5, 0.6) is 0 Å². The topological polar surface area (TPSA) is 32.3 Å². The first-order chi connectivity index (χ1) is 12.6. The number of nitrogens with zero attached hydrogens (tertiary/aromatic N) is 1. The van der Waals surface area contributed by atoms with Crippen molar-refractivity contribution in [1.29, 1.82) is 0 Å². The van der Waals surface area contributed by atoms with Crippen LogP contribution in [0.2, 0.25) is 0 Å². The molecule has 3 rings (SSSR count). The summed E-state index contributed by atoms with van der Waals surface area (Å²) in [5, 5.41) is 5.17. The van der Waals surface area contributed by atoms with Crippen molar-refractivity contribution in [3.8, 4) is 0 Å². The van der Waals surface area contributed by atoms with Crippen LogP contribution in [-0.4, -0.2) is 24.4 Å². The quantitative estimate of drug-likeness (QED) is 0.658. The van der Waals surface area contributed by atoms with Crippen molar-refractivity contribution >= 4 is 22.9 Å². The van der Waals surface area contributed by atoms with Gasteiger partial charge in [0.2, 0.25) is 5.91 Å². The number of hydrogen-bond acceptors (Lipinski definition) is 3. The number of rotatable bonds is 7. The maximum Gasteiger partial charge on any atom is 0.238 e. The molecule has 1 amide bonds. The fourth-order valence-corrected chi connectivity index (χ4v) is 3.90. The van der Waals surface area contributed by atoms with E-state index < -0.39 is 0 Å². The zero-order valence-corrected chi connectivity index (χ0v) is 16.1. The van der Waals surface area contributed by atoms with Crippen LogP contribution in [0, 0.1) is 6.92 Å². The van der Waals surface area contributed by atoms with Crippen LogP contribution >= 0.6 is 11.3 Å². The van der Waals surface area contributed by atoms with Gasteiger partial charge in [-0.25, -0.2) is 0 Å². The number of carbonyl (C=O) groups excluding carboxylic acids is 1. The molecule has 0 saturated heterocycles. The molecule has 0 aliphatic heterocycles. The third-order valence-electron chi connectivity index (χ3n) is 4.32. The van der Waals surface area contributed by atoms with Crippen LogP contribution in [0.4, 0.5) is 5.69 Å². The van der Waals surface area contributed by atoms with Gasteiger partial charge in [0.15, 0.2) is 0 Å². The average molecular weight is 365 g/mol. The predicted octanol–water partition coefficient (Wildman–Crippen LogP) is 4.72. The van der Waals surface area contributed by atoms with E-state index in [2.05, 4.69) is 41.9 Å². The lowest BCUT2D eigenvalue weighted by Gasteiger charge is -2.17. The van der Waals surface area contributed by atoms with E-state index in [1.807, 2.05) is 48.3 Å². The summed E-state index contributed by atoms with van der Waals surface area (Å²) < 4.78 is 0. The van der Waals surface area contributed by atoms with E-state index in [4.69, 9.17) is 0 Å². The number of thiophene rings is 1. The Morgan fingerprint density at radius 1 is 1.04 bits per heavy atom. The lowest BCUT2D eigenvalue weighted by molar-refractivity contribution is -0.117. The highest BCUT2D eigenvalue weighted by Gasteiger charge is 2.11. The van der Waals surface area contributed by atoms with Gasteiger partial charge < -0.3 is 5.32 Å². The van der Waals surface area contributed by atoms with E-state index in [0.717, 1.165) is 24.2 Å². The summed E-state index contributed by atoms with van der Waals surface area (Å²) in [4.78, 5) is 15.9. The van der Waals surface area contributed by atoms with Gasteiger partial charge in [-0.05, 0) is 54.6 Å². The monoisotopic (exact) mass is 364 g/mol. The van der Waals surface area contributed by atoms with E-state index >= 15 is 0 Å². The Hall–Kier alpha value is -2.43. The van der Waals surface area contributed by atoms with Crippen molar-refractivity contribution < 1.29 is 4.79 Å². The summed E-state index contributed by atoms with van der Waals surface area (Å²) in [5.74, 6) is 0.0159. The van der Waals surface area contributed by atoms with Gasteiger partial charge in [-0.15, -0.1) is 11.3 Å². The molecule has 26 heavy (non-hydrogen) atoms. The van der Waals surface area contributed by atoms with Crippen molar-refractivity contribution in [3.05, 3.63) is 87.6 Å². The number of aryl methyl sites for hydroxylation is 1. The van der Waals surface area contributed by atoms with E-state index in [0.29, 0.717) is 6.54 Å². The molecule has 0 bridgehead atoms. The molecule has 1 heterocycles. The molecule has 0 unspecified atom stereocenters. The first-order valence-electron chi connectivity index (χ1n) is 8.75. The molecular formula is C22H24N2OS. The lowest BCUT2D eigenvalue weighted by atomic mass is 10.0. The Bertz CT molecular complexity index is 857. The lowest BCUT2D eigenvalue weighted by Crippen LogP contribution is -2.30. The summed E-state index contributed by atoms with van der Waals surface area (Å²) in [6.45, 7) is 3.28. The fourth-order valence-electron chi connectivity index (χ4n) is 2.91. The summed E-state index contributed by atoms with van der Waals surface area (Å²) >= 11 is 1.74. The molecule has 2 aromatic carbocycles. The molecule has 0 saturated carbocycles. The second kappa shape index (κ2) is 8.79. The van der Waals surface area contributed by atoms with Crippen molar-refractivity contribution in [2.45, 2.75) is 19.9 Å². The number of hydrogen-bond donors (Lipinski definition) is 1. The maximum absolute atomic E-state index is 12.5. The normalized spacial score (nSPS) is 10.9. The zero-order valence-electron chi connectivity index (χ0n) is 15.2. The van der Waals surface area contributed by atoms with Gasteiger partial charge in [-0.2, -0.15) is 0 Å². The highest BCUT2D eigenvalue weighted by molar-refractivity contribution is 7.10. The number of amides is 1. The molecule has 0 radical (unpaired) electrons. The highest BCUT2D eigenvalue weighted by Crippen LogP contribution is 2.20. The molecule has 1 aromatic heterocycles. The minimum Gasteiger partial charge on any atom is -0.325 e. The van der Waals surface area contributed by atoms with Crippen molar-refractivity contribution in [2.24, 2.45) is 0 Å². The number of para-hydroxylation sites is 1. The van der Waals surface area contributed by atoms with Crippen LogP contribution in [0.3, 0.4) is 0 Å². The van der Waals surface area contributed by atoms with Gasteiger partial charge in [0, 0.05) is 17.1 Å². The number of carbonyl (C=O) groups is 1. The number of nitrogens with one attached hydrogen (secondary N) is 1. The Labute approximate surface area is 159 Å². The van der Waals surface area contributed by atoms with Crippen LogP contribution in [0.15, 0.2) is 66.0 Å². The Morgan fingerprint density at radius 3 is 2.50 bits per heavy atom. The van der Waals surface area contributed by atoms with Crippen molar-refractivity contribution in [1.82, 2.24) is 4.90 Å². The Morgan fingerprint density at radius 2 is 1.77 bits per heavy atom. The molecule has 0 aliphatic rings. The van der Waals surface area contributed by atoms with Crippen molar-refractivity contribution in [2.75, 3.05) is 18.9 Å². The maximum atomic E-state index is 12.5. The molecule has 4 heteroatoms. The summed E-state index contributed by atoms with van der Waals surface area (Å²) in [7, 11) is 1.98. The summed E-state index contributed by atoms with van der Waals surface area (Å²) in [6.07, 6.45) is 0.807. The number of anilines is 1. The smallest absolute Gasteiger partial charge is 0.238 e. The van der Waals surface area contributed by atoms with E-state index in [9.17, 15) is 4.79 Å². The first kappa shape index (κ1) is 18.4. The standard InChI is InChI=1S/C22H24N2OS/c1-17-12-13-26-21(17)15-24(2)16-22(25)23-20-11-7-6-10-19(20)14-18-8-4-3-5-9-18/h3-13H,14-16H2,1-2H3,(H,23,25). The average Bonchev–Trinajstić information content (AvgIpc) is 3.02. The second-order valence-electron chi connectivity index (χ2n) is 6.57. The summed E-state index contributed by atoms with van der Waals surface area (Å²) in [5.41, 5.74) is 4.54. The van der Waals surface area contributed by atoms with Gasteiger partial charge in [-0.1, -0.05) is 48.5 Å². The van der Waals surface area contributed by atoms with Gasteiger partial charge in [0.05, 0.1) is 6.54 Å². The van der Waals surface area contributed by atoms with Crippen LogP contribution in [0.1, 0.15) is 21.6 Å². The molecule has 3 aromatic rings. The molecule has 0 fully saturated rings. The van der Waals surface area contributed by atoms with E-state index in [1.54, 1.807) is 11.3 Å². The predicted molar refractivity (Wildman–Crippen MR) is 110 cm³/mol. The SMILES string of the molecule is Cc1ccsc1CN(C)CC(=O)Nc1ccccc1Cc1ccccc1. The molecule has 0 atom stereocenters. The minimum atomic E-state index is 0.0159. The molecule has 1 N–H and O–H groups in total. The molecule has 3 nitrogen and oxygen atoms in total. The van der Waals surface area contributed by atoms with Gasteiger partial charge in [0.25, 0.3) is 0 Å². The van der Waals surface area contributed by atoms with Gasteiger partial charge in [-0.3, -0.25) is 9.69 Å². The third kappa shape index (κ3) is 5.04. The van der Waals surface area contributed by atoms with Crippen LogP contribution in [-0.2, 0) is 17.8 Å². The third-order valence-corrected chi connectivity index (χ3v) is 5.33. The molecule has 134 valence electrons. The van der Waals surface area contributed by atoms with Gasteiger partial charge in [0.1, 0.15) is 0 Å². The first-order valence-corrected chi connectivity index (χ1v) is 9.63. The molecule has 0 aliphatic carbocycles. The summed E-state index contributed by atoms with van der Waals surface area (Å²) in [6, 6.07) is 20.4. The van der Waals surface area contributed by atoms with E-state index in [-0.39, 0.29) is 5.91 Å². The van der Waals surface area contributed by atoms with E-state index in [1.165, 1.54) is 16.0 Å². The fraction of sp³-hybridized carbons (Fsp3) is 0.227. The second-order valence-corrected chi connectivity index (χ2v) is 7.57. The molecule has 0 spiro atoms. The zero-order chi connectivity index (χ0) is 18.4.